The first-order valence-corrected chi connectivity index (χ1v) is 10.7. The van der Waals surface area contributed by atoms with Crippen LogP contribution in [0, 0.1) is 29.1 Å². The van der Waals surface area contributed by atoms with Gasteiger partial charge in [0.15, 0.2) is 11.9 Å². The zero-order chi connectivity index (χ0) is 20.8. The Morgan fingerprint density at radius 2 is 2.00 bits per heavy atom. The van der Waals surface area contributed by atoms with Crippen molar-refractivity contribution in [3.63, 3.8) is 0 Å². The zero-order valence-corrected chi connectivity index (χ0v) is 17.4. The van der Waals surface area contributed by atoms with Gasteiger partial charge in [0.1, 0.15) is 0 Å². The fourth-order valence-corrected chi connectivity index (χ4v) is 6.53. The van der Waals surface area contributed by atoms with Crippen LogP contribution in [0.25, 0.3) is 0 Å². The van der Waals surface area contributed by atoms with Gasteiger partial charge in [-0.05, 0) is 66.9 Å². The van der Waals surface area contributed by atoms with E-state index in [2.05, 4.69) is 6.92 Å². The molecule has 7 atom stereocenters. The predicted octanol–water partition coefficient (Wildman–Crippen LogP) is 3.89. The van der Waals surface area contributed by atoms with Gasteiger partial charge in [-0.1, -0.05) is 6.92 Å². The SMILES string of the molecule is COC(=O)[C@@H]1C[C@H](OC(C)=O)C(=O)[C@@H]2C3C[C@@H](c4ccoc4)CCC3CC[C@]21C. The van der Waals surface area contributed by atoms with Crippen molar-refractivity contribution in [1.29, 1.82) is 0 Å². The summed E-state index contributed by atoms with van der Waals surface area (Å²) in [7, 11) is 1.39. The molecule has 3 aliphatic carbocycles. The number of ketones is 1. The highest BCUT2D eigenvalue weighted by Gasteiger charge is 2.61. The summed E-state index contributed by atoms with van der Waals surface area (Å²) in [6.07, 6.45) is 7.77. The van der Waals surface area contributed by atoms with Crippen molar-refractivity contribution in [3.8, 4) is 0 Å². The van der Waals surface area contributed by atoms with E-state index >= 15 is 0 Å². The average molecular weight is 402 g/mol. The fourth-order valence-electron chi connectivity index (χ4n) is 6.53. The van der Waals surface area contributed by atoms with Gasteiger partial charge in [-0.3, -0.25) is 14.4 Å². The fraction of sp³-hybridized carbons (Fsp3) is 0.696. The number of methoxy groups -OCH3 is 1. The lowest BCUT2D eigenvalue weighted by Crippen LogP contribution is -2.59. The third-order valence-electron chi connectivity index (χ3n) is 7.92. The van der Waals surface area contributed by atoms with Crippen molar-refractivity contribution in [2.24, 2.45) is 29.1 Å². The number of furan rings is 1. The van der Waals surface area contributed by atoms with Crippen LogP contribution in [-0.4, -0.2) is 30.9 Å². The molecule has 2 unspecified atom stereocenters. The Labute approximate surface area is 171 Å². The molecule has 6 heteroatoms. The molecule has 0 amide bonds. The van der Waals surface area contributed by atoms with Gasteiger partial charge in [-0.15, -0.1) is 0 Å². The van der Waals surface area contributed by atoms with Crippen LogP contribution in [0.1, 0.15) is 63.9 Å². The molecule has 0 saturated heterocycles. The number of ether oxygens (including phenoxy) is 2. The van der Waals surface area contributed by atoms with E-state index in [1.54, 1.807) is 12.5 Å². The molecule has 1 heterocycles. The van der Waals surface area contributed by atoms with Crippen LogP contribution in [0.5, 0.6) is 0 Å². The van der Waals surface area contributed by atoms with Crippen LogP contribution in [-0.2, 0) is 23.9 Å². The summed E-state index contributed by atoms with van der Waals surface area (Å²) in [5.74, 6) is -0.519. The van der Waals surface area contributed by atoms with E-state index in [1.165, 1.54) is 19.6 Å². The molecule has 1 aromatic rings. The summed E-state index contributed by atoms with van der Waals surface area (Å²) < 4.78 is 15.8. The minimum atomic E-state index is -0.859. The summed E-state index contributed by atoms with van der Waals surface area (Å²) in [6.45, 7) is 3.38. The van der Waals surface area contributed by atoms with Gasteiger partial charge < -0.3 is 13.9 Å². The summed E-state index contributed by atoms with van der Waals surface area (Å²) in [5, 5.41) is 0. The Morgan fingerprint density at radius 1 is 1.21 bits per heavy atom. The van der Waals surface area contributed by atoms with Crippen LogP contribution in [0.15, 0.2) is 23.0 Å². The van der Waals surface area contributed by atoms with Crippen molar-refractivity contribution in [3.05, 3.63) is 24.2 Å². The molecule has 3 fully saturated rings. The van der Waals surface area contributed by atoms with Gasteiger partial charge in [0.25, 0.3) is 0 Å². The second kappa shape index (κ2) is 7.62. The lowest BCUT2D eigenvalue weighted by atomic mass is 9.46. The highest BCUT2D eigenvalue weighted by atomic mass is 16.5. The van der Waals surface area contributed by atoms with Gasteiger partial charge in [0, 0.05) is 19.3 Å². The number of fused-ring (bicyclic) bond motifs is 3. The molecule has 158 valence electrons. The van der Waals surface area contributed by atoms with E-state index < -0.39 is 23.4 Å². The quantitative estimate of drug-likeness (QED) is 0.714. The van der Waals surface area contributed by atoms with Crippen molar-refractivity contribution in [2.45, 2.75) is 64.4 Å². The second-order valence-electron chi connectivity index (χ2n) is 9.32. The monoisotopic (exact) mass is 402 g/mol. The molecule has 29 heavy (non-hydrogen) atoms. The highest BCUT2D eigenvalue weighted by Crippen LogP contribution is 2.60. The standard InChI is InChI=1S/C23H30O6/c1-13(24)29-19-11-18(22(26)27-3)23(2)8-6-14-4-5-15(16-7-9-28-12-16)10-17(14)20(23)21(19)25/h7,9,12,14-15,17-20H,4-6,8,10-11H2,1-3H3/t14?,15-,17?,18-,19-,20-,23-/m0/s1. The molecule has 0 radical (unpaired) electrons. The van der Waals surface area contributed by atoms with E-state index in [0.717, 1.165) is 32.1 Å². The first kappa shape index (κ1) is 20.2. The van der Waals surface area contributed by atoms with E-state index in [1.807, 2.05) is 6.07 Å². The van der Waals surface area contributed by atoms with E-state index in [4.69, 9.17) is 13.9 Å². The number of Topliss-reactive ketones (excluding diaryl/α,β-unsaturated/α-hetero) is 1. The van der Waals surface area contributed by atoms with Crippen LogP contribution >= 0.6 is 0 Å². The third-order valence-corrected chi connectivity index (χ3v) is 7.92. The van der Waals surface area contributed by atoms with Crippen LogP contribution in [0.2, 0.25) is 0 Å². The molecule has 1 aromatic heterocycles. The lowest BCUT2D eigenvalue weighted by Gasteiger charge is -2.57. The Morgan fingerprint density at radius 3 is 2.66 bits per heavy atom. The summed E-state index contributed by atoms with van der Waals surface area (Å²) in [4.78, 5) is 37.9. The number of carbonyl (C=O) groups is 3. The van der Waals surface area contributed by atoms with Crippen molar-refractivity contribution < 1.29 is 28.3 Å². The maximum Gasteiger partial charge on any atom is 0.309 e. The minimum absolute atomic E-state index is 0.00889. The topological polar surface area (TPSA) is 82.8 Å². The molecule has 0 spiro atoms. The number of hydrogen-bond donors (Lipinski definition) is 0. The summed E-state index contributed by atoms with van der Waals surface area (Å²) in [6, 6.07) is 2.01. The molecule has 0 aromatic carbocycles. The molecule has 3 aliphatic rings. The Hall–Kier alpha value is -2.11. The molecule has 3 saturated carbocycles. The van der Waals surface area contributed by atoms with Crippen LogP contribution in [0.4, 0.5) is 0 Å². The summed E-state index contributed by atoms with van der Waals surface area (Å²) >= 11 is 0. The van der Waals surface area contributed by atoms with Gasteiger partial charge in [0.05, 0.1) is 25.6 Å². The second-order valence-corrected chi connectivity index (χ2v) is 9.32. The number of esters is 2. The molecule has 0 bridgehead atoms. The molecular formula is C23H30O6. The molecule has 6 nitrogen and oxygen atoms in total. The smallest absolute Gasteiger partial charge is 0.309 e. The van der Waals surface area contributed by atoms with Gasteiger partial charge in [-0.2, -0.15) is 0 Å². The predicted molar refractivity (Wildman–Crippen MR) is 104 cm³/mol. The normalized spacial score (nSPS) is 39.2. The first-order valence-electron chi connectivity index (χ1n) is 10.7. The van der Waals surface area contributed by atoms with Crippen molar-refractivity contribution >= 4 is 17.7 Å². The van der Waals surface area contributed by atoms with Crippen molar-refractivity contribution in [1.82, 2.24) is 0 Å². The van der Waals surface area contributed by atoms with Gasteiger partial charge in [-0.25, -0.2) is 0 Å². The highest BCUT2D eigenvalue weighted by molar-refractivity contribution is 5.91. The van der Waals surface area contributed by atoms with E-state index in [9.17, 15) is 14.4 Å². The van der Waals surface area contributed by atoms with Gasteiger partial charge >= 0.3 is 11.9 Å². The zero-order valence-electron chi connectivity index (χ0n) is 17.4. The van der Waals surface area contributed by atoms with Crippen molar-refractivity contribution in [2.75, 3.05) is 7.11 Å². The third kappa shape index (κ3) is 3.40. The molecule has 4 rings (SSSR count). The van der Waals surface area contributed by atoms with E-state index in [0.29, 0.717) is 11.8 Å². The Balaban J connectivity index is 1.69. The maximum absolute atomic E-state index is 13.6. The largest absolute Gasteiger partial charge is 0.472 e. The molecular weight excluding hydrogens is 372 g/mol. The summed E-state index contributed by atoms with van der Waals surface area (Å²) in [5.41, 5.74) is 0.723. The number of carbonyl (C=O) groups excluding carboxylic acids is 3. The average Bonchev–Trinajstić information content (AvgIpc) is 3.23. The Bertz CT molecular complexity index is 783. The number of rotatable bonds is 3. The Kier molecular flexibility index (Phi) is 5.30. The molecule has 0 aliphatic heterocycles. The van der Waals surface area contributed by atoms with Gasteiger partial charge in [0.2, 0.25) is 0 Å². The number of hydrogen-bond acceptors (Lipinski definition) is 6. The first-order chi connectivity index (χ1) is 13.8. The maximum atomic E-state index is 13.6. The van der Waals surface area contributed by atoms with E-state index in [-0.39, 0.29) is 30.0 Å². The van der Waals surface area contributed by atoms with Crippen LogP contribution in [0.3, 0.4) is 0 Å². The minimum Gasteiger partial charge on any atom is -0.472 e. The van der Waals surface area contributed by atoms with Crippen LogP contribution < -0.4 is 0 Å². The molecule has 0 N–H and O–H groups in total. The lowest BCUT2D eigenvalue weighted by molar-refractivity contribution is -0.182.